The van der Waals surface area contributed by atoms with Gasteiger partial charge in [-0.3, -0.25) is 9.69 Å². The minimum Gasteiger partial charge on any atom is -0.507 e. The molecule has 0 spiro atoms. The van der Waals surface area contributed by atoms with Gasteiger partial charge in [0.05, 0.1) is 5.56 Å². The van der Waals surface area contributed by atoms with Crippen molar-refractivity contribution in [1.29, 1.82) is 0 Å². The lowest BCUT2D eigenvalue weighted by Crippen LogP contribution is -2.49. The number of hydrogen-bond acceptors (Lipinski definition) is 3. The zero-order valence-corrected chi connectivity index (χ0v) is 12.0. The number of carbonyl (C=O) groups is 1. The van der Waals surface area contributed by atoms with Gasteiger partial charge in [0.15, 0.2) is 0 Å². The first kappa shape index (κ1) is 14.4. The lowest BCUT2D eigenvalue weighted by atomic mass is 10.1. The Hall–Kier alpha value is -0.970. The molecule has 19 heavy (non-hydrogen) atoms. The Labute approximate surface area is 122 Å². The van der Waals surface area contributed by atoms with Crippen LogP contribution in [0.4, 0.5) is 0 Å². The first-order chi connectivity index (χ1) is 9.11. The summed E-state index contributed by atoms with van der Waals surface area (Å²) in [6.45, 7) is 3.77. The highest BCUT2D eigenvalue weighted by molar-refractivity contribution is 6.30. The van der Waals surface area contributed by atoms with E-state index in [0.29, 0.717) is 29.6 Å². The molecule has 6 heteroatoms. The normalized spacial score (nSPS) is 16.6. The van der Waals surface area contributed by atoms with E-state index in [1.807, 2.05) is 0 Å². The van der Waals surface area contributed by atoms with Gasteiger partial charge in [0.2, 0.25) is 0 Å². The average Bonchev–Trinajstić information content (AvgIpc) is 2.39. The summed E-state index contributed by atoms with van der Waals surface area (Å²) in [4.78, 5) is 16.2. The Bertz CT molecular complexity index is 460. The molecule has 4 nitrogen and oxygen atoms in total. The van der Waals surface area contributed by atoms with Gasteiger partial charge in [-0.15, -0.1) is 11.6 Å². The second kappa shape index (κ2) is 6.46. The molecule has 1 saturated heterocycles. The minimum absolute atomic E-state index is 0.0688. The summed E-state index contributed by atoms with van der Waals surface area (Å²) in [5.74, 6) is 0.381. The summed E-state index contributed by atoms with van der Waals surface area (Å²) in [6, 6.07) is 4.56. The smallest absolute Gasteiger partial charge is 0.257 e. The fourth-order valence-corrected chi connectivity index (χ4v) is 2.56. The van der Waals surface area contributed by atoms with Crippen molar-refractivity contribution in [2.24, 2.45) is 0 Å². The predicted molar refractivity (Wildman–Crippen MR) is 76.2 cm³/mol. The van der Waals surface area contributed by atoms with Crippen LogP contribution in [0.3, 0.4) is 0 Å². The Balaban J connectivity index is 2.01. The highest BCUT2D eigenvalue weighted by Gasteiger charge is 2.23. The number of nitrogens with zero attached hydrogens (tertiary/aromatic N) is 2. The van der Waals surface area contributed by atoms with Crippen LogP contribution in [0.25, 0.3) is 0 Å². The summed E-state index contributed by atoms with van der Waals surface area (Å²) < 4.78 is 0. The molecule has 1 aromatic rings. The number of amides is 1. The van der Waals surface area contributed by atoms with Crippen LogP contribution >= 0.6 is 23.2 Å². The van der Waals surface area contributed by atoms with Crippen molar-refractivity contribution in [2.45, 2.75) is 0 Å². The number of rotatable bonds is 3. The van der Waals surface area contributed by atoms with Gasteiger partial charge in [0.1, 0.15) is 5.75 Å². The first-order valence-electron chi connectivity index (χ1n) is 6.18. The Morgan fingerprint density at radius 3 is 2.53 bits per heavy atom. The van der Waals surface area contributed by atoms with Gasteiger partial charge < -0.3 is 10.0 Å². The van der Waals surface area contributed by atoms with Crippen LogP contribution in [0, 0.1) is 0 Å². The molecule has 0 aliphatic carbocycles. The van der Waals surface area contributed by atoms with Crippen LogP contribution in [0.1, 0.15) is 10.4 Å². The number of benzene rings is 1. The van der Waals surface area contributed by atoms with Crippen LogP contribution < -0.4 is 0 Å². The number of hydrogen-bond donors (Lipinski definition) is 1. The summed E-state index contributed by atoms with van der Waals surface area (Å²) >= 11 is 11.5. The van der Waals surface area contributed by atoms with Crippen LogP contribution in [-0.2, 0) is 0 Å². The van der Waals surface area contributed by atoms with Gasteiger partial charge in [-0.05, 0) is 18.2 Å². The zero-order chi connectivity index (χ0) is 13.8. The summed E-state index contributed by atoms with van der Waals surface area (Å²) in [5, 5.41) is 10.2. The molecule has 1 amide bonds. The zero-order valence-electron chi connectivity index (χ0n) is 10.5. The molecule has 104 valence electrons. The molecule has 0 bridgehead atoms. The van der Waals surface area contributed by atoms with Crippen LogP contribution in [-0.4, -0.2) is 59.4 Å². The summed E-state index contributed by atoms with van der Waals surface area (Å²) in [7, 11) is 0. The molecule has 2 rings (SSSR count). The van der Waals surface area contributed by atoms with E-state index in [2.05, 4.69) is 4.90 Å². The third kappa shape index (κ3) is 3.53. The van der Waals surface area contributed by atoms with Gasteiger partial charge >= 0.3 is 0 Å². The third-order valence-corrected chi connectivity index (χ3v) is 3.65. The molecular formula is C13H16Cl2N2O2. The van der Waals surface area contributed by atoms with Crippen molar-refractivity contribution in [3.8, 4) is 5.75 Å². The van der Waals surface area contributed by atoms with Gasteiger partial charge in [-0.2, -0.15) is 0 Å². The van der Waals surface area contributed by atoms with E-state index in [0.717, 1.165) is 19.6 Å². The standard InChI is InChI=1S/C13H16Cl2N2O2/c14-3-4-16-5-7-17(8-6-16)13(19)11-2-1-10(15)9-12(11)18/h1-2,9,18H,3-8H2. The Morgan fingerprint density at radius 2 is 1.95 bits per heavy atom. The van der Waals surface area contributed by atoms with Crippen molar-refractivity contribution in [1.82, 2.24) is 9.80 Å². The maximum absolute atomic E-state index is 12.3. The molecule has 0 saturated carbocycles. The van der Waals surface area contributed by atoms with Crippen molar-refractivity contribution in [3.63, 3.8) is 0 Å². The second-order valence-corrected chi connectivity index (χ2v) is 5.30. The second-order valence-electron chi connectivity index (χ2n) is 4.48. The fraction of sp³-hybridized carbons (Fsp3) is 0.462. The highest BCUT2D eigenvalue weighted by atomic mass is 35.5. The average molecular weight is 303 g/mol. The maximum Gasteiger partial charge on any atom is 0.257 e. The van der Waals surface area contributed by atoms with Gasteiger partial charge in [-0.1, -0.05) is 11.6 Å². The highest BCUT2D eigenvalue weighted by Crippen LogP contribution is 2.23. The molecule has 1 aromatic carbocycles. The molecule has 1 N–H and O–H groups in total. The molecular weight excluding hydrogens is 287 g/mol. The van der Waals surface area contributed by atoms with E-state index in [-0.39, 0.29) is 11.7 Å². The molecule has 1 aliphatic heterocycles. The summed E-state index contributed by atoms with van der Waals surface area (Å²) in [5.41, 5.74) is 0.301. The molecule has 1 aliphatic rings. The number of piperazine rings is 1. The largest absolute Gasteiger partial charge is 0.507 e. The fourth-order valence-electron chi connectivity index (χ4n) is 2.15. The van der Waals surface area contributed by atoms with E-state index in [4.69, 9.17) is 23.2 Å². The lowest BCUT2D eigenvalue weighted by Gasteiger charge is -2.34. The van der Waals surface area contributed by atoms with Crippen LogP contribution in [0.15, 0.2) is 18.2 Å². The molecule has 1 heterocycles. The number of carbonyl (C=O) groups excluding carboxylic acids is 1. The maximum atomic E-state index is 12.3. The van der Waals surface area contributed by atoms with Gasteiger partial charge in [-0.25, -0.2) is 0 Å². The summed E-state index contributed by atoms with van der Waals surface area (Å²) in [6.07, 6.45) is 0. The van der Waals surface area contributed by atoms with Crippen LogP contribution in [0.2, 0.25) is 5.02 Å². The van der Waals surface area contributed by atoms with E-state index in [1.165, 1.54) is 6.07 Å². The molecule has 0 aromatic heterocycles. The van der Waals surface area contributed by atoms with E-state index < -0.39 is 0 Å². The molecule has 0 radical (unpaired) electrons. The third-order valence-electron chi connectivity index (χ3n) is 3.25. The van der Waals surface area contributed by atoms with Crippen molar-refractivity contribution in [3.05, 3.63) is 28.8 Å². The van der Waals surface area contributed by atoms with E-state index in [9.17, 15) is 9.90 Å². The van der Waals surface area contributed by atoms with Crippen molar-refractivity contribution in [2.75, 3.05) is 38.6 Å². The van der Waals surface area contributed by atoms with E-state index in [1.54, 1.807) is 17.0 Å². The number of aromatic hydroxyl groups is 1. The minimum atomic E-state index is -0.153. The predicted octanol–water partition coefficient (Wildman–Crippen LogP) is 2.04. The van der Waals surface area contributed by atoms with Crippen molar-refractivity contribution < 1.29 is 9.90 Å². The topological polar surface area (TPSA) is 43.8 Å². The van der Waals surface area contributed by atoms with Crippen LogP contribution in [0.5, 0.6) is 5.75 Å². The number of alkyl halides is 1. The van der Waals surface area contributed by atoms with E-state index >= 15 is 0 Å². The van der Waals surface area contributed by atoms with Gasteiger partial charge in [0.25, 0.3) is 5.91 Å². The quantitative estimate of drug-likeness (QED) is 0.869. The van der Waals surface area contributed by atoms with Gasteiger partial charge in [0, 0.05) is 43.6 Å². The van der Waals surface area contributed by atoms with Crippen molar-refractivity contribution >= 4 is 29.1 Å². The number of phenols is 1. The SMILES string of the molecule is O=C(c1ccc(Cl)cc1O)N1CCN(CCCl)CC1. The monoisotopic (exact) mass is 302 g/mol. The lowest BCUT2D eigenvalue weighted by molar-refractivity contribution is 0.0641. The Kier molecular flexibility index (Phi) is 4.91. The number of phenolic OH excluding ortho intramolecular Hbond substituents is 1. The molecule has 0 atom stereocenters. The molecule has 1 fully saturated rings. The number of halogens is 2. The Morgan fingerprint density at radius 1 is 1.26 bits per heavy atom. The first-order valence-corrected chi connectivity index (χ1v) is 7.09. The molecule has 0 unspecified atom stereocenters.